The Kier molecular flexibility index (Phi) is 6.36. The van der Waals surface area contributed by atoms with Gasteiger partial charge in [0.25, 0.3) is 0 Å². The van der Waals surface area contributed by atoms with Crippen molar-refractivity contribution in [3.8, 4) is 56.0 Å². The Balaban J connectivity index is 1.35. The van der Waals surface area contributed by atoms with Crippen molar-refractivity contribution < 1.29 is 0 Å². The second kappa shape index (κ2) is 10.8. The van der Waals surface area contributed by atoms with E-state index in [1.54, 1.807) is 11.3 Å². The van der Waals surface area contributed by atoms with E-state index in [0.717, 1.165) is 49.4 Å². The van der Waals surface area contributed by atoms with E-state index in [1.807, 2.05) is 0 Å². The van der Waals surface area contributed by atoms with E-state index in [-0.39, 0.29) is 0 Å². The molecule has 8 aromatic rings. The van der Waals surface area contributed by atoms with Gasteiger partial charge in [-0.05, 0) is 57.6 Å². The fourth-order valence-corrected chi connectivity index (χ4v) is 6.87. The van der Waals surface area contributed by atoms with Gasteiger partial charge in [-0.2, -0.15) is 0 Å². The number of nitrogens with zero attached hydrogens (tertiary/aromatic N) is 2. The minimum atomic E-state index is 0.730. The lowest BCUT2D eigenvalue weighted by Gasteiger charge is -2.12. The third-order valence-electron chi connectivity index (χ3n) is 7.89. The quantitative estimate of drug-likeness (QED) is 0.207. The maximum absolute atomic E-state index is 5.31. The summed E-state index contributed by atoms with van der Waals surface area (Å²) < 4.78 is 2.33. The number of fused-ring (bicyclic) bond motifs is 3. The number of rotatable bonds is 5. The fourth-order valence-electron chi connectivity index (χ4n) is 5.72. The van der Waals surface area contributed by atoms with Crippen molar-refractivity contribution in [2.24, 2.45) is 0 Å². The molecule has 0 aliphatic carbocycles. The molecular weight excluding hydrogens is 541 g/mol. The van der Waals surface area contributed by atoms with Crippen molar-refractivity contribution in [2.45, 2.75) is 0 Å². The van der Waals surface area contributed by atoms with Gasteiger partial charge >= 0.3 is 0 Å². The summed E-state index contributed by atoms with van der Waals surface area (Å²) in [5, 5.41) is 1.16. The van der Waals surface area contributed by atoms with Crippen LogP contribution in [-0.4, -0.2) is 9.97 Å². The highest BCUT2D eigenvalue weighted by molar-refractivity contribution is 7.26. The summed E-state index contributed by atoms with van der Waals surface area (Å²) in [4.78, 5) is 10.6. The average molecular weight is 567 g/mol. The Morgan fingerprint density at radius 1 is 0.372 bits per heavy atom. The maximum Gasteiger partial charge on any atom is 0.160 e. The highest BCUT2D eigenvalue weighted by Gasteiger charge is 2.18. The van der Waals surface area contributed by atoms with E-state index in [4.69, 9.17) is 9.97 Å². The SMILES string of the molecule is c1ccc(-c2ccc(-c3nc(-c4cc(-c5ccccc5)cc(-c5ccccc5)c4)nc4c3sc3ccccc34)cc2)cc1. The van der Waals surface area contributed by atoms with Crippen molar-refractivity contribution in [2.75, 3.05) is 0 Å². The standard InChI is InChI=1S/C40H26N2S/c1-4-12-27(13-5-1)30-20-22-31(23-21-30)37-39-38(35-18-10-11-19-36(35)43-39)42-40(41-37)34-25-32(28-14-6-2-7-15-28)24-33(26-34)29-16-8-3-9-17-29/h1-26H. The minimum absolute atomic E-state index is 0.730. The second-order valence-corrected chi connectivity index (χ2v) is 11.7. The normalized spacial score (nSPS) is 11.3. The number of hydrogen-bond acceptors (Lipinski definition) is 3. The van der Waals surface area contributed by atoms with Crippen LogP contribution in [0, 0.1) is 0 Å². The lowest BCUT2D eigenvalue weighted by molar-refractivity contribution is 1.24. The Hall–Kier alpha value is -5.38. The first kappa shape index (κ1) is 25.3. The molecule has 43 heavy (non-hydrogen) atoms. The molecule has 2 heterocycles. The molecule has 0 bridgehead atoms. The molecule has 3 heteroatoms. The maximum atomic E-state index is 5.31. The largest absolute Gasteiger partial charge is 0.226 e. The first-order chi connectivity index (χ1) is 21.3. The number of hydrogen-bond donors (Lipinski definition) is 0. The van der Waals surface area contributed by atoms with Crippen molar-refractivity contribution in [1.82, 2.24) is 9.97 Å². The predicted octanol–water partition coefficient (Wildman–Crippen LogP) is 11.2. The lowest BCUT2D eigenvalue weighted by Crippen LogP contribution is -1.95. The van der Waals surface area contributed by atoms with Gasteiger partial charge in [0.1, 0.15) is 0 Å². The van der Waals surface area contributed by atoms with Gasteiger partial charge in [-0.15, -0.1) is 11.3 Å². The smallest absolute Gasteiger partial charge is 0.160 e. The van der Waals surface area contributed by atoms with Gasteiger partial charge in [-0.1, -0.05) is 133 Å². The molecule has 0 aliphatic heterocycles. The Morgan fingerprint density at radius 2 is 0.837 bits per heavy atom. The molecule has 6 aromatic carbocycles. The van der Waals surface area contributed by atoms with Crippen LogP contribution in [0.4, 0.5) is 0 Å². The molecule has 0 unspecified atom stereocenters. The van der Waals surface area contributed by atoms with E-state index in [9.17, 15) is 0 Å². The van der Waals surface area contributed by atoms with Gasteiger partial charge in [0.05, 0.1) is 15.9 Å². The van der Waals surface area contributed by atoms with Crippen molar-refractivity contribution in [1.29, 1.82) is 0 Å². The van der Waals surface area contributed by atoms with E-state index in [0.29, 0.717) is 0 Å². The first-order valence-electron chi connectivity index (χ1n) is 14.4. The van der Waals surface area contributed by atoms with Crippen LogP contribution in [0.5, 0.6) is 0 Å². The van der Waals surface area contributed by atoms with Crippen molar-refractivity contribution >= 4 is 31.6 Å². The Morgan fingerprint density at radius 3 is 1.44 bits per heavy atom. The van der Waals surface area contributed by atoms with Gasteiger partial charge in [0.15, 0.2) is 5.82 Å². The predicted molar refractivity (Wildman–Crippen MR) is 182 cm³/mol. The molecule has 0 spiro atoms. The molecule has 0 aliphatic rings. The minimum Gasteiger partial charge on any atom is -0.226 e. The zero-order valence-corrected chi connectivity index (χ0v) is 24.1. The van der Waals surface area contributed by atoms with Gasteiger partial charge < -0.3 is 0 Å². The number of benzene rings is 6. The Bertz CT molecular complexity index is 2140. The highest BCUT2D eigenvalue weighted by atomic mass is 32.1. The summed E-state index contributed by atoms with van der Waals surface area (Å²) >= 11 is 1.76. The molecule has 0 fully saturated rings. The molecule has 0 amide bonds. The van der Waals surface area contributed by atoms with Crippen LogP contribution in [0.1, 0.15) is 0 Å². The molecule has 2 aromatic heterocycles. The summed E-state index contributed by atoms with van der Waals surface area (Å²) in [7, 11) is 0. The number of aromatic nitrogens is 2. The molecule has 0 N–H and O–H groups in total. The summed E-state index contributed by atoms with van der Waals surface area (Å²) in [6.45, 7) is 0. The van der Waals surface area contributed by atoms with Crippen LogP contribution in [0.2, 0.25) is 0 Å². The molecule has 2 nitrogen and oxygen atoms in total. The van der Waals surface area contributed by atoms with Gasteiger partial charge in [-0.3, -0.25) is 0 Å². The van der Waals surface area contributed by atoms with Gasteiger partial charge in [0, 0.05) is 21.2 Å². The van der Waals surface area contributed by atoms with Crippen LogP contribution in [0.3, 0.4) is 0 Å². The Labute approximate surface area is 254 Å². The molecular formula is C40H26N2S. The van der Waals surface area contributed by atoms with Gasteiger partial charge in [0.2, 0.25) is 0 Å². The second-order valence-electron chi connectivity index (χ2n) is 10.6. The topological polar surface area (TPSA) is 25.8 Å². The van der Waals surface area contributed by atoms with E-state index < -0.39 is 0 Å². The zero-order valence-electron chi connectivity index (χ0n) is 23.3. The summed E-state index contributed by atoms with van der Waals surface area (Å²) in [5.41, 5.74) is 11.1. The van der Waals surface area contributed by atoms with Crippen LogP contribution in [0.25, 0.3) is 76.3 Å². The van der Waals surface area contributed by atoms with Gasteiger partial charge in [-0.25, -0.2) is 9.97 Å². The molecule has 202 valence electrons. The number of thiophene rings is 1. The summed E-state index contributed by atoms with van der Waals surface area (Å²) in [5.74, 6) is 0.730. The molecule has 0 radical (unpaired) electrons. The lowest BCUT2D eigenvalue weighted by atomic mass is 9.95. The van der Waals surface area contributed by atoms with E-state index in [2.05, 4.69) is 158 Å². The van der Waals surface area contributed by atoms with Crippen LogP contribution >= 0.6 is 11.3 Å². The molecule has 0 saturated carbocycles. The summed E-state index contributed by atoms with van der Waals surface area (Å²) in [6, 6.07) is 55.6. The van der Waals surface area contributed by atoms with Crippen LogP contribution in [-0.2, 0) is 0 Å². The van der Waals surface area contributed by atoms with Crippen molar-refractivity contribution in [3.05, 3.63) is 158 Å². The average Bonchev–Trinajstić information content (AvgIpc) is 3.48. The molecule has 8 rings (SSSR count). The van der Waals surface area contributed by atoms with Crippen LogP contribution in [0.15, 0.2) is 158 Å². The van der Waals surface area contributed by atoms with Crippen LogP contribution < -0.4 is 0 Å². The third-order valence-corrected chi connectivity index (χ3v) is 9.06. The first-order valence-corrected chi connectivity index (χ1v) is 15.2. The summed E-state index contributed by atoms with van der Waals surface area (Å²) in [6.07, 6.45) is 0. The molecule has 0 atom stereocenters. The van der Waals surface area contributed by atoms with E-state index >= 15 is 0 Å². The third kappa shape index (κ3) is 4.80. The zero-order chi connectivity index (χ0) is 28.6. The molecule has 0 saturated heterocycles. The highest BCUT2D eigenvalue weighted by Crippen LogP contribution is 2.40. The monoisotopic (exact) mass is 566 g/mol. The van der Waals surface area contributed by atoms with E-state index in [1.165, 1.54) is 27.0 Å². The van der Waals surface area contributed by atoms with Crippen molar-refractivity contribution in [3.63, 3.8) is 0 Å². The fraction of sp³-hybridized carbons (Fsp3) is 0.